The fourth-order valence-electron chi connectivity index (χ4n) is 2.01. The van der Waals surface area contributed by atoms with E-state index in [1.54, 1.807) is 30.3 Å². The summed E-state index contributed by atoms with van der Waals surface area (Å²) in [6.07, 6.45) is 2.84. The van der Waals surface area contributed by atoms with Crippen molar-refractivity contribution in [1.82, 2.24) is 9.97 Å². The number of nitrogens with zero attached hydrogens (tertiary/aromatic N) is 2. The lowest BCUT2D eigenvalue weighted by atomic mass is 10.3. The van der Waals surface area contributed by atoms with Crippen molar-refractivity contribution in [3.63, 3.8) is 0 Å². The second-order valence-electron chi connectivity index (χ2n) is 5.03. The summed E-state index contributed by atoms with van der Waals surface area (Å²) in [4.78, 5) is 20.5. The summed E-state index contributed by atoms with van der Waals surface area (Å²) >= 11 is 17.7. The zero-order chi connectivity index (χ0) is 17.8. The van der Waals surface area contributed by atoms with Crippen molar-refractivity contribution in [3.8, 4) is 0 Å². The highest BCUT2D eigenvalue weighted by atomic mass is 35.5. The Bertz CT molecular complexity index is 879. The SMILES string of the molecule is O=C(Nc1cc(Cl)cc(Cl)c1)c1cnc(Nc2ccc(Cl)cc2)cn1. The molecule has 0 aliphatic heterocycles. The van der Waals surface area contributed by atoms with Crippen molar-refractivity contribution in [1.29, 1.82) is 0 Å². The molecule has 2 aromatic carbocycles. The summed E-state index contributed by atoms with van der Waals surface area (Å²) < 4.78 is 0. The average molecular weight is 394 g/mol. The van der Waals surface area contributed by atoms with Gasteiger partial charge in [-0.2, -0.15) is 0 Å². The molecule has 1 aromatic heterocycles. The normalized spacial score (nSPS) is 10.4. The van der Waals surface area contributed by atoms with Crippen LogP contribution in [0.15, 0.2) is 54.9 Å². The van der Waals surface area contributed by atoms with Gasteiger partial charge in [0.1, 0.15) is 11.5 Å². The number of halogens is 3. The average Bonchev–Trinajstić information content (AvgIpc) is 2.56. The minimum atomic E-state index is -0.413. The molecule has 126 valence electrons. The Balaban J connectivity index is 1.68. The van der Waals surface area contributed by atoms with E-state index >= 15 is 0 Å². The van der Waals surface area contributed by atoms with Gasteiger partial charge in [0.15, 0.2) is 0 Å². The van der Waals surface area contributed by atoms with Crippen LogP contribution in [-0.4, -0.2) is 15.9 Å². The quantitative estimate of drug-likeness (QED) is 0.620. The largest absolute Gasteiger partial charge is 0.339 e. The van der Waals surface area contributed by atoms with Crippen LogP contribution in [0, 0.1) is 0 Å². The van der Waals surface area contributed by atoms with Gasteiger partial charge in [-0.05, 0) is 42.5 Å². The second kappa shape index (κ2) is 7.70. The Labute approximate surface area is 159 Å². The molecule has 5 nitrogen and oxygen atoms in total. The molecular weight excluding hydrogens is 383 g/mol. The number of hydrogen-bond donors (Lipinski definition) is 2. The zero-order valence-electron chi connectivity index (χ0n) is 12.6. The van der Waals surface area contributed by atoms with E-state index in [1.165, 1.54) is 12.4 Å². The molecule has 0 fully saturated rings. The maximum absolute atomic E-state index is 12.2. The molecule has 1 heterocycles. The van der Waals surface area contributed by atoms with Gasteiger partial charge < -0.3 is 10.6 Å². The van der Waals surface area contributed by atoms with E-state index in [0.717, 1.165) is 5.69 Å². The Kier molecular flexibility index (Phi) is 5.38. The Hall–Kier alpha value is -2.34. The first-order valence-electron chi connectivity index (χ1n) is 7.12. The van der Waals surface area contributed by atoms with Gasteiger partial charge in [0.25, 0.3) is 5.91 Å². The van der Waals surface area contributed by atoms with E-state index in [2.05, 4.69) is 20.6 Å². The molecule has 0 aliphatic carbocycles. The molecule has 0 spiro atoms. The molecular formula is C17H11Cl3N4O. The van der Waals surface area contributed by atoms with E-state index in [1.807, 2.05) is 12.1 Å². The van der Waals surface area contributed by atoms with Crippen molar-refractivity contribution in [2.75, 3.05) is 10.6 Å². The molecule has 0 radical (unpaired) electrons. The number of hydrogen-bond acceptors (Lipinski definition) is 4. The molecule has 0 aliphatic rings. The van der Waals surface area contributed by atoms with E-state index in [9.17, 15) is 4.79 Å². The summed E-state index contributed by atoms with van der Waals surface area (Å²) in [7, 11) is 0. The minimum Gasteiger partial charge on any atom is -0.339 e. The highest BCUT2D eigenvalue weighted by molar-refractivity contribution is 6.35. The van der Waals surface area contributed by atoms with Crippen LogP contribution in [0.2, 0.25) is 15.1 Å². The van der Waals surface area contributed by atoms with Crippen LogP contribution in [-0.2, 0) is 0 Å². The molecule has 3 rings (SSSR count). The molecule has 1 amide bonds. The maximum atomic E-state index is 12.2. The van der Waals surface area contributed by atoms with Crippen LogP contribution in [0.3, 0.4) is 0 Å². The number of rotatable bonds is 4. The van der Waals surface area contributed by atoms with Gasteiger partial charge >= 0.3 is 0 Å². The minimum absolute atomic E-state index is 0.165. The number of carbonyl (C=O) groups is 1. The Morgan fingerprint density at radius 2 is 1.48 bits per heavy atom. The molecule has 0 atom stereocenters. The number of carbonyl (C=O) groups excluding carboxylic acids is 1. The molecule has 0 bridgehead atoms. The lowest BCUT2D eigenvalue weighted by Gasteiger charge is -2.07. The van der Waals surface area contributed by atoms with Gasteiger partial charge in [-0.1, -0.05) is 34.8 Å². The standard InChI is InChI=1S/C17H11Cl3N4O/c18-10-1-3-13(4-2-10)23-16-9-21-15(8-22-16)17(25)24-14-6-11(19)5-12(20)7-14/h1-9H,(H,22,23)(H,24,25). The number of benzene rings is 2. The first kappa shape index (κ1) is 17.5. The van der Waals surface area contributed by atoms with E-state index in [4.69, 9.17) is 34.8 Å². The molecule has 2 N–H and O–H groups in total. The van der Waals surface area contributed by atoms with E-state index < -0.39 is 5.91 Å². The lowest BCUT2D eigenvalue weighted by Crippen LogP contribution is -2.14. The maximum Gasteiger partial charge on any atom is 0.275 e. The summed E-state index contributed by atoms with van der Waals surface area (Å²) in [6.45, 7) is 0. The summed E-state index contributed by atoms with van der Waals surface area (Å²) in [6, 6.07) is 11.9. The number of nitrogens with one attached hydrogen (secondary N) is 2. The molecule has 0 saturated heterocycles. The molecule has 3 aromatic rings. The van der Waals surface area contributed by atoms with Gasteiger partial charge in [-0.15, -0.1) is 0 Å². The Morgan fingerprint density at radius 1 is 0.800 bits per heavy atom. The number of amides is 1. The van der Waals surface area contributed by atoms with Crippen LogP contribution in [0.25, 0.3) is 0 Å². The molecule has 25 heavy (non-hydrogen) atoms. The van der Waals surface area contributed by atoms with Gasteiger partial charge in [0.05, 0.1) is 12.4 Å². The monoisotopic (exact) mass is 392 g/mol. The third kappa shape index (κ3) is 4.82. The van der Waals surface area contributed by atoms with Crippen LogP contribution in [0.1, 0.15) is 10.5 Å². The fourth-order valence-corrected chi connectivity index (χ4v) is 2.66. The third-order valence-corrected chi connectivity index (χ3v) is 3.81. The molecule has 0 saturated carbocycles. The first-order chi connectivity index (χ1) is 12.0. The smallest absolute Gasteiger partial charge is 0.275 e. The third-order valence-electron chi connectivity index (χ3n) is 3.12. The first-order valence-corrected chi connectivity index (χ1v) is 8.25. The predicted molar refractivity (Wildman–Crippen MR) is 101 cm³/mol. The van der Waals surface area contributed by atoms with Gasteiger partial charge in [-0.25, -0.2) is 9.97 Å². The van der Waals surface area contributed by atoms with Crippen LogP contribution >= 0.6 is 34.8 Å². The van der Waals surface area contributed by atoms with Gasteiger partial charge in [0, 0.05) is 26.4 Å². The van der Waals surface area contributed by atoms with Crippen LogP contribution < -0.4 is 10.6 Å². The Morgan fingerprint density at radius 3 is 2.08 bits per heavy atom. The van der Waals surface area contributed by atoms with E-state index in [-0.39, 0.29) is 5.69 Å². The predicted octanol–water partition coefficient (Wildman–Crippen LogP) is 5.43. The van der Waals surface area contributed by atoms with Crippen molar-refractivity contribution >= 4 is 57.9 Å². The molecule has 8 heteroatoms. The number of anilines is 3. The summed E-state index contributed by atoms with van der Waals surface area (Å²) in [5, 5.41) is 7.23. The van der Waals surface area contributed by atoms with E-state index in [0.29, 0.717) is 26.6 Å². The number of aromatic nitrogens is 2. The van der Waals surface area contributed by atoms with Crippen molar-refractivity contribution in [2.24, 2.45) is 0 Å². The zero-order valence-corrected chi connectivity index (χ0v) is 14.9. The van der Waals surface area contributed by atoms with Crippen molar-refractivity contribution in [3.05, 3.63) is 75.6 Å². The van der Waals surface area contributed by atoms with Gasteiger partial charge in [0.2, 0.25) is 0 Å². The second-order valence-corrected chi connectivity index (χ2v) is 6.34. The van der Waals surface area contributed by atoms with Gasteiger partial charge in [-0.3, -0.25) is 4.79 Å². The highest BCUT2D eigenvalue weighted by Gasteiger charge is 2.10. The topological polar surface area (TPSA) is 66.9 Å². The summed E-state index contributed by atoms with van der Waals surface area (Å²) in [5.74, 6) is 0.0912. The van der Waals surface area contributed by atoms with Crippen LogP contribution in [0.5, 0.6) is 0 Å². The fraction of sp³-hybridized carbons (Fsp3) is 0. The molecule has 0 unspecified atom stereocenters. The summed E-state index contributed by atoms with van der Waals surface area (Å²) in [5.41, 5.74) is 1.45. The highest BCUT2D eigenvalue weighted by Crippen LogP contribution is 2.23. The van der Waals surface area contributed by atoms with Crippen molar-refractivity contribution in [2.45, 2.75) is 0 Å². The lowest BCUT2D eigenvalue weighted by molar-refractivity contribution is 0.102. The van der Waals surface area contributed by atoms with Crippen LogP contribution in [0.4, 0.5) is 17.2 Å². The van der Waals surface area contributed by atoms with Crippen molar-refractivity contribution < 1.29 is 4.79 Å².